The lowest BCUT2D eigenvalue weighted by atomic mass is 10.2. The molecule has 144 valence electrons. The summed E-state index contributed by atoms with van der Waals surface area (Å²) in [4.78, 5) is 28.0. The van der Waals surface area contributed by atoms with E-state index in [2.05, 4.69) is 4.90 Å². The summed E-state index contributed by atoms with van der Waals surface area (Å²) in [7, 11) is 0. The number of hydrogen-bond donors (Lipinski definition) is 0. The highest BCUT2D eigenvalue weighted by atomic mass is 16.6. The molecule has 0 bridgehead atoms. The second kappa shape index (κ2) is 9.42. The molecule has 0 aliphatic carbocycles. The van der Waals surface area contributed by atoms with Crippen LogP contribution in [-0.2, 0) is 14.3 Å². The van der Waals surface area contributed by atoms with Crippen LogP contribution in [0.1, 0.15) is 5.56 Å². The van der Waals surface area contributed by atoms with E-state index >= 15 is 0 Å². The van der Waals surface area contributed by atoms with Crippen LogP contribution in [0.5, 0.6) is 5.75 Å². The predicted octanol–water partition coefficient (Wildman–Crippen LogP) is 1.83. The van der Waals surface area contributed by atoms with E-state index < -0.39 is 5.97 Å². The van der Waals surface area contributed by atoms with E-state index in [1.54, 1.807) is 29.2 Å². The molecule has 1 aliphatic heterocycles. The van der Waals surface area contributed by atoms with Gasteiger partial charge in [-0.25, -0.2) is 4.79 Å². The molecular weight excluding hydrogens is 358 g/mol. The third kappa shape index (κ3) is 5.01. The van der Waals surface area contributed by atoms with Gasteiger partial charge in [0.15, 0.2) is 13.2 Å². The number of nitriles is 1. The molecule has 1 amide bonds. The van der Waals surface area contributed by atoms with E-state index in [0.717, 1.165) is 18.8 Å². The molecule has 1 fully saturated rings. The van der Waals surface area contributed by atoms with Crippen molar-refractivity contribution >= 4 is 17.6 Å². The Kier molecular flexibility index (Phi) is 6.47. The molecule has 0 saturated carbocycles. The topological polar surface area (TPSA) is 82.9 Å². The van der Waals surface area contributed by atoms with Crippen LogP contribution in [0.15, 0.2) is 54.6 Å². The molecule has 3 rings (SSSR count). The maximum Gasteiger partial charge on any atom is 0.344 e. The number of nitrogens with zero attached hydrogens (tertiary/aromatic N) is 3. The van der Waals surface area contributed by atoms with E-state index in [9.17, 15) is 9.59 Å². The van der Waals surface area contributed by atoms with Crippen LogP contribution in [0.4, 0.5) is 5.69 Å². The van der Waals surface area contributed by atoms with Crippen LogP contribution in [0.25, 0.3) is 0 Å². The summed E-state index contributed by atoms with van der Waals surface area (Å²) in [6, 6.07) is 18.6. The summed E-state index contributed by atoms with van der Waals surface area (Å²) in [5, 5.41) is 9.00. The average molecular weight is 379 g/mol. The van der Waals surface area contributed by atoms with E-state index in [0.29, 0.717) is 24.4 Å². The quantitative estimate of drug-likeness (QED) is 0.712. The first-order chi connectivity index (χ1) is 13.7. The first-order valence-electron chi connectivity index (χ1n) is 9.02. The first kappa shape index (κ1) is 19.2. The van der Waals surface area contributed by atoms with Crippen molar-refractivity contribution in [3.05, 3.63) is 60.2 Å². The maximum absolute atomic E-state index is 12.3. The normalized spacial score (nSPS) is 13.5. The zero-order chi connectivity index (χ0) is 19.8. The fourth-order valence-corrected chi connectivity index (χ4v) is 2.95. The molecular formula is C21H21N3O4. The first-order valence-corrected chi connectivity index (χ1v) is 9.02. The minimum atomic E-state index is -0.649. The van der Waals surface area contributed by atoms with Gasteiger partial charge in [0, 0.05) is 31.9 Å². The van der Waals surface area contributed by atoms with Crippen LogP contribution < -0.4 is 9.64 Å². The van der Waals surface area contributed by atoms with E-state index in [4.69, 9.17) is 14.7 Å². The fraction of sp³-hybridized carbons (Fsp3) is 0.286. The van der Waals surface area contributed by atoms with Gasteiger partial charge >= 0.3 is 5.97 Å². The summed E-state index contributed by atoms with van der Waals surface area (Å²) < 4.78 is 10.3. The number of para-hydroxylation sites is 2. The number of esters is 1. The van der Waals surface area contributed by atoms with Crippen LogP contribution in [-0.4, -0.2) is 56.2 Å². The second-order valence-corrected chi connectivity index (χ2v) is 6.26. The van der Waals surface area contributed by atoms with Gasteiger partial charge in [0.1, 0.15) is 11.8 Å². The van der Waals surface area contributed by atoms with Gasteiger partial charge in [-0.15, -0.1) is 0 Å². The minimum Gasteiger partial charge on any atom is -0.481 e. The van der Waals surface area contributed by atoms with Gasteiger partial charge in [-0.05, 0) is 24.3 Å². The molecule has 28 heavy (non-hydrogen) atoms. The molecule has 7 nitrogen and oxygen atoms in total. The van der Waals surface area contributed by atoms with Gasteiger partial charge in [0.2, 0.25) is 0 Å². The molecule has 0 unspecified atom stereocenters. The Balaban J connectivity index is 1.40. The summed E-state index contributed by atoms with van der Waals surface area (Å²) >= 11 is 0. The zero-order valence-electron chi connectivity index (χ0n) is 15.4. The lowest BCUT2D eigenvalue weighted by molar-refractivity contribution is -0.153. The van der Waals surface area contributed by atoms with Gasteiger partial charge in [0.25, 0.3) is 5.91 Å². The van der Waals surface area contributed by atoms with Crippen LogP contribution in [0.3, 0.4) is 0 Å². The molecule has 0 spiro atoms. The lowest BCUT2D eigenvalue weighted by Gasteiger charge is -2.36. The van der Waals surface area contributed by atoms with E-state index in [1.165, 1.54) is 0 Å². The summed E-state index contributed by atoms with van der Waals surface area (Å²) in [6.45, 7) is 1.96. The molecule has 0 N–H and O–H groups in total. The van der Waals surface area contributed by atoms with Crippen molar-refractivity contribution in [2.45, 2.75) is 0 Å². The van der Waals surface area contributed by atoms with Gasteiger partial charge in [-0.2, -0.15) is 5.26 Å². The third-order valence-electron chi connectivity index (χ3n) is 4.46. The molecule has 1 aliphatic rings. The van der Waals surface area contributed by atoms with E-state index in [1.807, 2.05) is 36.4 Å². The average Bonchev–Trinajstić information content (AvgIpc) is 2.77. The van der Waals surface area contributed by atoms with Crippen molar-refractivity contribution in [1.29, 1.82) is 5.26 Å². The number of carbonyl (C=O) groups is 2. The molecule has 1 heterocycles. The predicted molar refractivity (Wildman–Crippen MR) is 103 cm³/mol. The number of hydrogen-bond acceptors (Lipinski definition) is 6. The highest BCUT2D eigenvalue weighted by Crippen LogP contribution is 2.17. The maximum atomic E-state index is 12.3. The number of anilines is 1. The molecule has 0 atom stereocenters. The second-order valence-electron chi connectivity index (χ2n) is 6.26. The highest BCUT2D eigenvalue weighted by Gasteiger charge is 2.22. The van der Waals surface area contributed by atoms with Crippen molar-refractivity contribution in [1.82, 2.24) is 4.90 Å². The van der Waals surface area contributed by atoms with Crippen LogP contribution in [0, 0.1) is 11.3 Å². The third-order valence-corrected chi connectivity index (χ3v) is 4.46. The van der Waals surface area contributed by atoms with Gasteiger partial charge < -0.3 is 19.3 Å². The molecule has 0 aromatic heterocycles. The van der Waals surface area contributed by atoms with Crippen LogP contribution in [0.2, 0.25) is 0 Å². The SMILES string of the molecule is N#Cc1ccccc1OCC(=O)OCC(=O)N1CCN(c2ccccc2)CC1. The monoisotopic (exact) mass is 379 g/mol. The zero-order valence-corrected chi connectivity index (χ0v) is 15.4. The summed E-state index contributed by atoms with van der Waals surface area (Å²) in [6.07, 6.45) is 0. The van der Waals surface area contributed by atoms with Crippen molar-refractivity contribution < 1.29 is 19.1 Å². The number of benzene rings is 2. The number of amides is 1. The number of rotatable bonds is 6. The molecule has 1 saturated heterocycles. The smallest absolute Gasteiger partial charge is 0.344 e. The van der Waals surface area contributed by atoms with E-state index in [-0.39, 0.29) is 19.1 Å². The largest absolute Gasteiger partial charge is 0.481 e. The Hall–Kier alpha value is -3.53. The fourth-order valence-electron chi connectivity index (χ4n) is 2.95. The standard InChI is InChI=1S/C21H21N3O4/c22-14-17-6-4-5-9-19(17)27-16-21(26)28-15-20(25)24-12-10-23(11-13-24)18-7-2-1-3-8-18/h1-9H,10-13,15-16H2. The van der Waals surface area contributed by atoms with Crippen molar-refractivity contribution in [3.63, 3.8) is 0 Å². The Morgan fingerprint density at radius 3 is 2.32 bits per heavy atom. The van der Waals surface area contributed by atoms with Crippen molar-refractivity contribution in [3.8, 4) is 11.8 Å². The lowest BCUT2D eigenvalue weighted by Crippen LogP contribution is -2.50. The van der Waals surface area contributed by atoms with Gasteiger partial charge in [-0.3, -0.25) is 4.79 Å². The van der Waals surface area contributed by atoms with Gasteiger partial charge in [-0.1, -0.05) is 30.3 Å². The number of ether oxygens (including phenoxy) is 2. The molecule has 7 heteroatoms. The van der Waals surface area contributed by atoms with Crippen LogP contribution >= 0.6 is 0 Å². The number of piperazine rings is 1. The Morgan fingerprint density at radius 2 is 1.61 bits per heavy atom. The molecule has 0 radical (unpaired) electrons. The molecule has 2 aromatic carbocycles. The Morgan fingerprint density at radius 1 is 0.929 bits per heavy atom. The van der Waals surface area contributed by atoms with Crippen molar-refractivity contribution in [2.75, 3.05) is 44.3 Å². The molecule has 2 aromatic rings. The van der Waals surface area contributed by atoms with Crippen molar-refractivity contribution in [2.24, 2.45) is 0 Å². The Labute approximate surface area is 163 Å². The summed E-state index contributed by atoms with van der Waals surface area (Å²) in [5.41, 5.74) is 1.47. The Bertz CT molecular complexity index is 855. The van der Waals surface area contributed by atoms with Gasteiger partial charge in [0.05, 0.1) is 5.56 Å². The highest BCUT2D eigenvalue weighted by molar-refractivity contribution is 5.81. The minimum absolute atomic E-state index is 0.224. The summed E-state index contributed by atoms with van der Waals surface area (Å²) in [5.74, 6) is -0.562. The number of carbonyl (C=O) groups excluding carboxylic acids is 2.